The van der Waals surface area contributed by atoms with Gasteiger partial charge in [0.1, 0.15) is 0 Å². The molecule has 0 rings (SSSR count). The molecule has 13 heavy (non-hydrogen) atoms. The summed E-state index contributed by atoms with van der Waals surface area (Å²) in [5, 5.41) is 3.17. The zero-order valence-corrected chi connectivity index (χ0v) is 9.49. The molecule has 0 aliphatic carbocycles. The number of primary amides is 1. The third kappa shape index (κ3) is 5.93. The van der Waals surface area contributed by atoms with E-state index in [9.17, 15) is 4.79 Å². The van der Waals surface area contributed by atoms with E-state index >= 15 is 0 Å². The Hall–Kier alpha value is -0.220. The van der Waals surface area contributed by atoms with Gasteiger partial charge < -0.3 is 11.1 Å². The molecule has 78 valence electrons. The van der Waals surface area contributed by atoms with Crippen LogP contribution < -0.4 is 11.1 Å². The molecule has 4 heteroatoms. The van der Waals surface area contributed by atoms with Crippen molar-refractivity contribution in [3.05, 3.63) is 0 Å². The minimum Gasteiger partial charge on any atom is -0.368 e. The second-order valence-corrected chi connectivity index (χ2v) is 4.24. The summed E-state index contributed by atoms with van der Waals surface area (Å²) in [5.41, 5.74) is 5.20. The summed E-state index contributed by atoms with van der Waals surface area (Å²) in [6.07, 6.45) is 2.85. The lowest BCUT2D eigenvalue weighted by Gasteiger charge is -2.16. The van der Waals surface area contributed by atoms with Gasteiger partial charge in [-0.25, -0.2) is 0 Å². The van der Waals surface area contributed by atoms with Crippen LogP contribution in [0.15, 0.2) is 0 Å². The highest BCUT2D eigenvalue weighted by Gasteiger charge is 2.12. The van der Waals surface area contributed by atoms with Gasteiger partial charge in [0, 0.05) is 0 Å². The maximum atomic E-state index is 10.9. The van der Waals surface area contributed by atoms with Crippen molar-refractivity contribution < 1.29 is 4.79 Å². The summed E-state index contributed by atoms with van der Waals surface area (Å²) in [6.45, 7) is 4.99. The number of nitrogens with one attached hydrogen (secondary N) is 1. The highest BCUT2D eigenvalue weighted by molar-refractivity contribution is 7.98. The van der Waals surface area contributed by atoms with Crippen LogP contribution in [-0.4, -0.2) is 30.5 Å². The normalized spacial score (nSPS) is 15.3. The van der Waals surface area contributed by atoms with Gasteiger partial charge in [0.15, 0.2) is 0 Å². The molecule has 1 amide bonds. The number of amides is 1. The third-order valence-electron chi connectivity index (χ3n) is 1.92. The van der Waals surface area contributed by atoms with Crippen LogP contribution in [0.4, 0.5) is 0 Å². The van der Waals surface area contributed by atoms with Crippen molar-refractivity contribution in [2.45, 2.75) is 26.3 Å². The molecule has 3 N–H and O–H groups in total. The van der Waals surface area contributed by atoms with Gasteiger partial charge in [0.2, 0.25) is 5.91 Å². The molecule has 0 aromatic carbocycles. The fraction of sp³-hybridized carbons (Fsp3) is 0.889. The molecule has 0 saturated heterocycles. The van der Waals surface area contributed by atoms with E-state index in [1.807, 2.05) is 18.7 Å². The van der Waals surface area contributed by atoms with Crippen LogP contribution in [0.5, 0.6) is 0 Å². The van der Waals surface area contributed by atoms with E-state index in [4.69, 9.17) is 5.73 Å². The van der Waals surface area contributed by atoms with Gasteiger partial charge in [-0.2, -0.15) is 11.8 Å². The second kappa shape index (κ2) is 7.21. The molecule has 0 aliphatic rings. The minimum absolute atomic E-state index is 0.163. The molecule has 0 fully saturated rings. The van der Waals surface area contributed by atoms with Gasteiger partial charge in [-0.15, -0.1) is 0 Å². The average Bonchev–Trinajstić information content (AvgIpc) is 2.05. The SMILES string of the molecule is CCC(NCC(C)CSC)C(N)=O. The molecule has 0 aromatic heterocycles. The molecular formula is C9H20N2OS. The lowest BCUT2D eigenvalue weighted by atomic mass is 10.1. The number of carbonyl (C=O) groups is 1. The van der Waals surface area contributed by atoms with Gasteiger partial charge in [-0.1, -0.05) is 13.8 Å². The van der Waals surface area contributed by atoms with E-state index in [2.05, 4.69) is 18.5 Å². The first-order chi connectivity index (χ1) is 6.11. The maximum Gasteiger partial charge on any atom is 0.234 e. The molecular weight excluding hydrogens is 184 g/mol. The number of thioether (sulfide) groups is 1. The van der Waals surface area contributed by atoms with Crippen molar-refractivity contribution >= 4 is 17.7 Å². The lowest BCUT2D eigenvalue weighted by Crippen LogP contribution is -2.42. The Balaban J connectivity index is 3.65. The third-order valence-corrected chi connectivity index (χ3v) is 2.82. The van der Waals surface area contributed by atoms with Crippen molar-refractivity contribution in [1.29, 1.82) is 0 Å². The minimum atomic E-state index is -0.251. The van der Waals surface area contributed by atoms with Crippen molar-refractivity contribution in [2.24, 2.45) is 11.7 Å². The van der Waals surface area contributed by atoms with Crippen LogP contribution in [0.2, 0.25) is 0 Å². The van der Waals surface area contributed by atoms with Crippen LogP contribution in [-0.2, 0) is 4.79 Å². The maximum absolute atomic E-state index is 10.9. The average molecular weight is 204 g/mol. The molecule has 0 bridgehead atoms. The highest BCUT2D eigenvalue weighted by Crippen LogP contribution is 2.03. The first kappa shape index (κ1) is 12.8. The fourth-order valence-corrected chi connectivity index (χ4v) is 1.82. The van der Waals surface area contributed by atoms with Gasteiger partial charge >= 0.3 is 0 Å². The molecule has 0 saturated carbocycles. The van der Waals surface area contributed by atoms with E-state index in [-0.39, 0.29) is 11.9 Å². The smallest absolute Gasteiger partial charge is 0.234 e. The summed E-state index contributed by atoms with van der Waals surface area (Å²) >= 11 is 1.82. The summed E-state index contributed by atoms with van der Waals surface area (Å²) in [5.74, 6) is 1.45. The van der Waals surface area contributed by atoms with Crippen molar-refractivity contribution in [3.8, 4) is 0 Å². The Morgan fingerprint density at radius 1 is 1.62 bits per heavy atom. The predicted molar refractivity (Wildman–Crippen MR) is 58.8 cm³/mol. The lowest BCUT2D eigenvalue weighted by molar-refractivity contribution is -0.120. The summed E-state index contributed by atoms with van der Waals surface area (Å²) < 4.78 is 0. The Morgan fingerprint density at radius 3 is 2.62 bits per heavy atom. The zero-order valence-electron chi connectivity index (χ0n) is 8.67. The van der Waals surface area contributed by atoms with Gasteiger partial charge in [-0.3, -0.25) is 4.79 Å². The van der Waals surface area contributed by atoms with Crippen molar-refractivity contribution in [3.63, 3.8) is 0 Å². The number of hydrogen-bond acceptors (Lipinski definition) is 3. The van der Waals surface area contributed by atoms with E-state index in [1.165, 1.54) is 0 Å². The molecule has 0 aliphatic heterocycles. The number of hydrogen-bond donors (Lipinski definition) is 2. The molecule has 0 radical (unpaired) electrons. The summed E-state index contributed by atoms with van der Waals surface area (Å²) in [6, 6.07) is -0.163. The standard InChI is InChI=1S/C9H20N2OS/c1-4-8(9(10)12)11-5-7(2)6-13-3/h7-8,11H,4-6H2,1-3H3,(H2,10,12). The van der Waals surface area contributed by atoms with Crippen molar-refractivity contribution in [1.82, 2.24) is 5.32 Å². The van der Waals surface area contributed by atoms with E-state index in [1.54, 1.807) is 0 Å². The van der Waals surface area contributed by atoms with Crippen LogP contribution in [0, 0.1) is 5.92 Å². The first-order valence-corrected chi connectivity index (χ1v) is 6.02. The molecule has 3 nitrogen and oxygen atoms in total. The van der Waals surface area contributed by atoms with Gasteiger partial charge in [-0.05, 0) is 30.9 Å². The van der Waals surface area contributed by atoms with Gasteiger partial charge in [0.25, 0.3) is 0 Å². The Morgan fingerprint density at radius 2 is 2.23 bits per heavy atom. The highest BCUT2D eigenvalue weighted by atomic mass is 32.2. The quantitative estimate of drug-likeness (QED) is 0.646. The summed E-state index contributed by atoms with van der Waals surface area (Å²) in [4.78, 5) is 10.9. The van der Waals surface area contributed by atoms with E-state index in [0.29, 0.717) is 5.92 Å². The number of rotatable bonds is 7. The topological polar surface area (TPSA) is 55.1 Å². The molecule has 0 aromatic rings. The summed E-state index contributed by atoms with van der Waals surface area (Å²) in [7, 11) is 0. The fourth-order valence-electron chi connectivity index (χ4n) is 1.13. The Labute approximate surface area is 84.8 Å². The van der Waals surface area contributed by atoms with Gasteiger partial charge in [0.05, 0.1) is 6.04 Å². The second-order valence-electron chi connectivity index (χ2n) is 3.33. The van der Waals surface area contributed by atoms with Crippen LogP contribution >= 0.6 is 11.8 Å². The Kier molecular flexibility index (Phi) is 7.09. The van der Waals surface area contributed by atoms with Crippen LogP contribution in [0.25, 0.3) is 0 Å². The monoisotopic (exact) mass is 204 g/mol. The molecule has 0 heterocycles. The first-order valence-electron chi connectivity index (χ1n) is 4.63. The molecule has 2 atom stereocenters. The van der Waals surface area contributed by atoms with Crippen molar-refractivity contribution in [2.75, 3.05) is 18.6 Å². The number of nitrogens with two attached hydrogens (primary N) is 1. The molecule has 0 spiro atoms. The van der Waals surface area contributed by atoms with Crippen LogP contribution in [0.3, 0.4) is 0 Å². The van der Waals surface area contributed by atoms with E-state index in [0.717, 1.165) is 18.7 Å². The predicted octanol–water partition coefficient (Wildman–Crippen LogP) is 0.839. The molecule has 2 unspecified atom stereocenters. The van der Waals surface area contributed by atoms with E-state index < -0.39 is 0 Å². The van der Waals surface area contributed by atoms with Crippen LogP contribution in [0.1, 0.15) is 20.3 Å². The Bertz CT molecular complexity index is 153. The number of carbonyl (C=O) groups excluding carboxylic acids is 1. The largest absolute Gasteiger partial charge is 0.368 e. The zero-order chi connectivity index (χ0) is 10.3.